The molecule has 0 radical (unpaired) electrons. The minimum Gasteiger partial charge on any atom is -0.467 e. The molecule has 0 spiro atoms. The van der Waals surface area contributed by atoms with Gasteiger partial charge in [0, 0.05) is 44.1 Å². The molecule has 0 aliphatic carbocycles. The molecule has 3 rings (SSSR count). The Hall–Kier alpha value is -1.35. The normalized spacial score (nSPS) is 14.1. The van der Waals surface area contributed by atoms with E-state index in [4.69, 9.17) is 10.2 Å². The van der Waals surface area contributed by atoms with E-state index in [1.165, 1.54) is 17.8 Å². The van der Waals surface area contributed by atoms with Crippen LogP contribution in [0.15, 0.2) is 16.7 Å². The zero-order valence-corrected chi connectivity index (χ0v) is 15.8. The van der Waals surface area contributed by atoms with E-state index < -0.39 is 0 Å². The largest absolute Gasteiger partial charge is 0.467 e. The monoisotopic (exact) mass is 393 g/mol. The van der Waals surface area contributed by atoms with Gasteiger partial charge in [0.25, 0.3) is 5.91 Å². The van der Waals surface area contributed by atoms with Crippen LogP contribution in [0.1, 0.15) is 28.9 Å². The number of furan rings is 1. The molecule has 2 N–H and O–H groups in total. The highest BCUT2D eigenvalue weighted by molar-refractivity contribution is 7.09. The van der Waals surface area contributed by atoms with Gasteiger partial charge in [-0.05, 0) is 6.07 Å². The Bertz CT molecular complexity index is 655. The average molecular weight is 394 g/mol. The Labute approximate surface area is 157 Å². The maximum absolute atomic E-state index is 12.4. The molecule has 134 valence electrons. The number of hydrogen-bond donors (Lipinski definition) is 1. The van der Waals surface area contributed by atoms with E-state index in [9.17, 15) is 4.79 Å². The molecule has 3 heterocycles. The first-order chi connectivity index (χ1) is 10.7. The fourth-order valence-electron chi connectivity index (χ4n) is 2.40. The summed E-state index contributed by atoms with van der Waals surface area (Å²) in [6.07, 6.45) is 2.33. The molecule has 2 aromatic rings. The van der Waals surface area contributed by atoms with Crippen LogP contribution >= 0.6 is 36.3 Å². The van der Waals surface area contributed by atoms with Crippen LogP contribution in [-0.2, 0) is 13.0 Å². The number of carbonyl (C=O) groups is 1. The van der Waals surface area contributed by atoms with E-state index in [-0.39, 0.29) is 30.7 Å². The second-order valence-electron chi connectivity index (χ2n) is 5.13. The quantitative estimate of drug-likeness (QED) is 0.853. The van der Waals surface area contributed by atoms with Gasteiger partial charge in [-0.15, -0.1) is 24.8 Å². The summed E-state index contributed by atoms with van der Waals surface area (Å²) in [6, 6.07) is 1.72. The maximum atomic E-state index is 12.4. The van der Waals surface area contributed by atoms with Crippen LogP contribution in [-0.4, -0.2) is 46.3 Å². The molecule has 1 fully saturated rings. The first-order valence-corrected chi connectivity index (χ1v) is 8.13. The lowest BCUT2D eigenvalue weighted by molar-refractivity contribution is 0.0746. The van der Waals surface area contributed by atoms with Crippen molar-refractivity contribution in [1.29, 1.82) is 0 Å². The fraction of sp³-hybridized carbons (Fsp3) is 0.500. The van der Waals surface area contributed by atoms with E-state index in [2.05, 4.69) is 14.3 Å². The summed E-state index contributed by atoms with van der Waals surface area (Å²) in [5.41, 5.74) is 6.07. The van der Waals surface area contributed by atoms with Gasteiger partial charge in [0.1, 0.15) is 17.8 Å². The van der Waals surface area contributed by atoms with Crippen molar-refractivity contribution in [2.75, 3.05) is 31.1 Å². The standard InChI is InChI=1S/C14H19N5O2S.2ClH/c1-2-12-16-14(22-17-12)19-5-3-18(4-6-19)13(20)10-7-11(8-15)21-9-10;;/h7,9H,2-6,8,15H2,1H3;2*1H. The molecule has 2 aromatic heterocycles. The Morgan fingerprint density at radius 1 is 1.33 bits per heavy atom. The zero-order valence-electron chi connectivity index (χ0n) is 13.3. The Balaban J connectivity index is 0.00000144. The lowest BCUT2D eigenvalue weighted by atomic mass is 10.2. The van der Waals surface area contributed by atoms with Gasteiger partial charge in [-0.2, -0.15) is 4.37 Å². The van der Waals surface area contributed by atoms with Crippen LogP contribution in [0.2, 0.25) is 0 Å². The number of piperazine rings is 1. The number of nitrogens with two attached hydrogens (primary N) is 1. The van der Waals surface area contributed by atoms with Gasteiger partial charge in [0.15, 0.2) is 0 Å². The van der Waals surface area contributed by atoms with Crippen LogP contribution in [0.4, 0.5) is 5.13 Å². The summed E-state index contributed by atoms with van der Waals surface area (Å²) in [7, 11) is 0. The number of halogens is 2. The van der Waals surface area contributed by atoms with Crippen molar-refractivity contribution in [3.8, 4) is 0 Å². The number of aromatic nitrogens is 2. The van der Waals surface area contributed by atoms with Gasteiger partial charge in [0.2, 0.25) is 5.13 Å². The van der Waals surface area contributed by atoms with Gasteiger partial charge in [0.05, 0.1) is 12.1 Å². The van der Waals surface area contributed by atoms with Crippen molar-refractivity contribution in [3.05, 3.63) is 29.5 Å². The minimum atomic E-state index is -0.00499. The topological polar surface area (TPSA) is 88.5 Å². The van der Waals surface area contributed by atoms with Gasteiger partial charge in [-0.1, -0.05) is 6.92 Å². The Morgan fingerprint density at radius 3 is 2.58 bits per heavy atom. The number of rotatable bonds is 4. The van der Waals surface area contributed by atoms with E-state index in [0.717, 1.165) is 30.5 Å². The molecule has 0 saturated carbocycles. The molecule has 7 nitrogen and oxygen atoms in total. The van der Waals surface area contributed by atoms with Crippen molar-refractivity contribution in [3.63, 3.8) is 0 Å². The number of anilines is 1. The van der Waals surface area contributed by atoms with Crippen molar-refractivity contribution in [2.45, 2.75) is 19.9 Å². The van der Waals surface area contributed by atoms with Crippen LogP contribution in [0.3, 0.4) is 0 Å². The summed E-state index contributed by atoms with van der Waals surface area (Å²) in [5, 5.41) is 0.942. The molecular formula is C14H21Cl2N5O2S. The maximum Gasteiger partial charge on any atom is 0.257 e. The zero-order chi connectivity index (χ0) is 15.5. The summed E-state index contributed by atoms with van der Waals surface area (Å²) < 4.78 is 9.54. The first kappa shape index (κ1) is 20.7. The van der Waals surface area contributed by atoms with Gasteiger partial charge >= 0.3 is 0 Å². The molecule has 0 unspecified atom stereocenters. The van der Waals surface area contributed by atoms with E-state index in [1.54, 1.807) is 6.07 Å². The second kappa shape index (κ2) is 9.22. The third-order valence-electron chi connectivity index (χ3n) is 3.71. The lowest BCUT2D eigenvalue weighted by Crippen LogP contribution is -2.48. The smallest absolute Gasteiger partial charge is 0.257 e. The highest BCUT2D eigenvalue weighted by Gasteiger charge is 2.24. The third-order valence-corrected chi connectivity index (χ3v) is 4.53. The van der Waals surface area contributed by atoms with Crippen LogP contribution < -0.4 is 10.6 Å². The summed E-state index contributed by atoms with van der Waals surface area (Å²) >= 11 is 1.43. The first-order valence-electron chi connectivity index (χ1n) is 7.35. The molecule has 1 saturated heterocycles. The molecule has 0 bridgehead atoms. The number of amides is 1. The average Bonchev–Trinajstić information content (AvgIpc) is 3.23. The molecule has 24 heavy (non-hydrogen) atoms. The minimum absolute atomic E-state index is 0. The molecule has 0 aromatic carbocycles. The number of hydrogen-bond acceptors (Lipinski definition) is 7. The van der Waals surface area contributed by atoms with Crippen LogP contribution in [0.25, 0.3) is 0 Å². The van der Waals surface area contributed by atoms with Crippen molar-refractivity contribution in [1.82, 2.24) is 14.3 Å². The summed E-state index contributed by atoms with van der Waals surface area (Å²) in [4.78, 5) is 20.9. The van der Waals surface area contributed by atoms with Crippen molar-refractivity contribution >= 4 is 47.4 Å². The third kappa shape index (κ3) is 4.38. The summed E-state index contributed by atoms with van der Waals surface area (Å²) in [5.74, 6) is 1.50. The predicted octanol–water partition coefficient (Wildman–Crippen LogP) is 1.96. The molecular weight excluding hydrogens is 373 g/mol. The van der Waals surface area contributed by atoms with E-state index >= 15 is 0 Å². The van der Waals surface area contributed by atoms with Crippen LogP contribution in [0.5, 0.6) is 0 Å². The highest BCUT2D eigenvalue weighted by Crippen LogP contribution is 2.20. The van der Waals surface area contributed by atoms with E-state index in [1.807, 2.05) is 11.8 Å². The Kier molecular flexibility index (Phi) is 7.95. The van der Waals surface area contributed by atoms with Crippen molar-refractivity contribution in [2.24, 2.45) is 5.73 Å². The fourth-order valence-corrected chi connectivity index (χ4v) is 3.20. The SMILES string of the molecule is CCc1nsc(N2CCN(C(=O)c3coc(CN)c3)CC2)n1.Cl.Cl. The summed E-state index contributed by atoms with van der Waals surface area (Å²) in [6.45, 7) is 5.23. The van der Waals surface area contributed by atoms with Gasteiger partial charge < -0.3 is 20.0 Å². The highest BCUT2D eigenvalue weighted by atomic mass is 35.5. The number of carbonyl (C=O) groups excluding carboxylic acids is 1. The molecule has 1 amide bonds. The molecule has 10 heteroatoms. The molecule has 0 atom stereocenters. The van der Waals surface area contributed by atoms with Crippen LogP contribution in [0, 0.1) is 0 Å². The Morgan fingerprint density at radius 2 is 2.04 bits per heavy atom. The lowest BCUT2D eigenvalue weighted by Gasteiger charge is -2.34. The van der Waals surface area contributed by atoms with Gasteiger partial charge in [-0.3, -0.25) is 4.79 Å². The molecule has 1 aliphatic heterocycles. The van der Waals surface area contributed by atoms with E-state index in [0.29, 0.717) is 31.0 Å². The predicted molar refractivity (Wildman–Crippen MR) is 98.5 cm³/mol. The second-order valence-corrected chi connectivity index (χ2v) is 5.86. The van der Waals surface area contributed by atoms with Crippen molar-refractivity contribution < 1.29 is 9.21 Å². The van der Waals surface area contributed by atoms with Gasteiger partial charge in [-0.25, -0.2) is 4.98 Å². The molecule has 1 aliphatic rings. The number of nitrogens with zero attached hydrogens (tertiary/aromatic N) is 4. The number of aryl methyl sites for hydroxylation is 1.